The zero-order valence-corrected chi connectivity index (χ0v) is 12.0. The van der Waals surface area contributed by atoms with Crippen LogP contribution in [-0.4, -0.2) is 17.4 Å². The summed E-state index contributed by atoms with van der Waals surface area (Å²) < 4.78 is 12.8. The highest BCUT2D eigenvalue weighted by atomic mass is 19.1. The van der Waals surface area contributed by atoms with Gasteiger partial charge in [0.2, 0.25) is 0 Å². The molecule has 0 heterocycles. The van der Waals surface area contributed by atoms with E-state index in [0.717, 1.165) is 5.56 Å². The number of nitrogens with one attached hydrogen (secondary N) is 1. The van der Waals surface area contributed by atoms with Crippen LogP contribution in [0.2, 0.25) is 0 Å². The van der Waals surface area contributed by atoms with E-state index in [1.54, 1.807) is 25.1 Å². The molecule has 0 fully saturated rings. The van der Waals surface area contributed by atoms with Gasteiger partial charge in [0.05, 0.1) is 4.92 Å². The average Bonchev–Trinajstić information content (AvgIpc) is 2.49. The van der Waals surface area contributed by atoms with Crippen molar-refractivity contribution >= 4 is 11.6 Å². The molecule has 0 atom stereocenters. The maximum atomic E-state index is 12.8. The van der Waals surface area contributed by atoms with Crippen LogP contribution in [-0.2, 0) is 6.42 Å². The van der Waals surface area contributed by atoms with Crippen molar-refractivity contribution in [3.63, 3.8) is 0 Å². The van der Waals surface area contributed by atoms with E-state index < -0.39 is 4.92 Å². The second-order valence-electron chi connectivity index (χ2n) is 4.84. The molecular weight excluding hydrogens is 287 g/mol. The fourth-order valence-corrected chi connectivity index (χ4v) is 2.13. The molecule has 0 aromatic heterocycles. The summed E-state index contributed by atoms with van der Waals surface area (Å²) in [5.74, 6) is -0.664. The number of benzene rings is 2. The second-order valence-corrected chi connectivity index (χ2v) is 4.84. The highest BCUT2D eigenvalue weighted by molar-refractivity contribution is 5.96. The Hall–Kier alpha value is -2.76. The molecule has 2 aromatic rings. The number of nitro benzene ring substituents is 1. The SMILES string of the molecule is Cc1c(C(=O)NCCc2ccc(F)cc2)cccc1[N+](=O)[O-]. The molecule has 0 aliphatic carbocycles. The molecule has 1 amide bonds. The van der Waals surface area contributed by atoms with Crippen LogP contribution in [0.1, 0.15) is 21.5 Å². The molecule has 0 aliphatic heterocycles. The monoisotopic (exact) mass is 302 g/mol. The Bertz CT molecular complexity index is 699. The number of amides is 1. The summed E-state index contributed by atoms with van der Waals surface area (Å²) in [7, 11) is 0. The van der Waals surface area contributed by atoms with Crippen molar-refractivity contribution in [3.8, 4) is 0 Å². The first kappa shape index (κ1) is 15.6. The average molecular weight is 302 g/mol. The zero-order valence-electron chi connectivity index (χ0n) is 12.0. The molecule has 6 heteroatoms. The van der Waals surface area contributed by atoms with E-state index in [0.29, 0.717) is 18.5 Å². The van der Waals surface area contributed by atoms with E-state index in [9.17, 15) is 19.3 Å². The van der Waals surface area contributed by atoms with E-state index in [-0.39, 0.29) is 23.0 Å². The summed E-state index contributed by atoms with van der Waals surface area (Å²) in [6, 6.07) is 10.4. The van der Waals surface area contributed by atoms with Crippen LogP contribution in [0.3, 0.4) is 0 Å². The molecule has 2 rings (SSSR count). The third-order valence-electron chi connectivity index (χ3n) is 3.36. The van der Waals surface area contributed by atoms with Crippen molar-refractivity contribution in [1.29, 1.82) is 0 Å². The Morgan fingerprint density at radius 3 is 2.55 bits per heavy atom. The van der Waals surface area contributed by atoms with Gasteiger partial charge >= 0.3 is 0 Å². The van der Waals surface area contributed by atoms with Gasteiger partial charge in [-0.05, 0) is 37.1 Å². The quantitative estimate of drug-likeness (QED) is 0.681. The van der Waals surface area contributed by atoms with Crippen molar-refractivity contribution in [2.45, 2.75) is 13.3 Å². The van der Waals surface area contributed by atoms with Crippen LogP contribution in [0.25, 0.3) is 0 Å². The van der Waals surface area contributed by atoms with Crippen LogP contribution in [0.4, 0.5) is 10.1 Å². The van der Waals surface area contributed by atoms with E-state index in [4.69, 9.17) is 0 Å². The van der Waals surface area contributed by atoms with Gasteiger partial charge in [0.15, 0.2) is 0 Å². The van der Waals surface area contributed by atoms with E-state index in [2.05, 4.69) is 5.32 Å². The van der Waals surface area contributed by atoms with Gasteiger partial charge in [-0.25, -0.2) is 4.39 Å². The first-order valence-electron chi connectivity index (χ1n) is 6.75. The Balaban J connectivity index is 1.99. The first-order valence-corrected chi connectivity index (χ1v) is 6.75. The molecule has 0 radical (unpaired) electrons. The molecule has 0 unspecified atom stereocenters. The van der Waals surface area contributed by atoms with Crippen molar-refractivity contribution in [1.82, 2.24) is 5.32 Å². The third kappa shape index (κ3) is 3.66. The molecule has 1 N–H and O–H groups in total. The van der Waals surface area contributed by atoms with Crippen molar-refractivity contribution in [2.24, 2.45) is 0 Å². The number of rotatable bonds is 5. The maximum absolute atomic E-state index is 12.8. The lowest BCUT2D eigenvalue weighted by Crippen LogP contribution is -2.26. The lowest BCUT2D eigenvalue weighted by molar-refractivity contribution is -0.385. The van der Waals surface area contributed by atoms with Gasteiger partial charge in [0.25, 0.3) is 11.6 Å². The minimum Gasteiger partial charge on any atom is -0.352 e. The van der Waals surface area contributed by atoms with E-state index >= 15 is 0 Å². The molecule has 0 aliphatic rings. The standard InChI is InChI=1S/C16H15FN2O3/c1-11-14(3-2-4-15(11)19(21)22)16(20)18-10-9-12-5-7-13(17)8-6-12/h2-8H,9-10H2,1H3,(H,18,20). The third-order valence-corrected chi connectivity index (χ3v) is 3.36. The largest absolute Gasteiger partial charge is 0.352 e. The summed E-state index contributed by atoms with van der Waals surface area (Å²) >= 11 is 0. The molecule has 0 bridgehead atoms. The van der Waals surface area contributed by atoms with Crippen LogP contribution in [0.15, 0.2) is 42.5 Å². The van der Waals surface area contributed by atoms with Gasteiger partial charge in [-0.1, -0.05) is 18.2 Å². The predicted molar refractivity (Wildman–Crippen MR) is 80.3 cm³/mol. The molecule has 0 saturated carbocycles. The summed E-state index contributed by atoms with van der Waals surface area (Å²) in [4.78, 5) is 22.4. The van der Waals surface area contributed by atoms with Crippen LogP contribution >= 0.6 is 0 Å². The van der Waals surface area contributed by atoms with Gasteiger partial charge in [0.1, 0.15) is 5.82 Å². The first-order chi connectivity index (χ1) is 10.5. The van der Waals surface area contributed by atoms with Crippen molar-refractivity contribution in [2.75, 3.05) is 6.54 Å². The highest BCUT2D eigenvalue weighted by Gasteiger charge is 2.17. The summed E-state index contributed by atoms with van der Waals surface area (Å²) in [6.45, 7) is 1.92. The lowest BCUT2D eigenvalue weighted by atomic mass is 10.1. The molecule has 22 heavy (non-hydrogen) atoms. The molecule has 0 saturated heterocycles. The number of hydrogen-bond acceptors (Lipinski definition) is 3. The van der Waals surface area contributed by atoms with Crippen LogP contribution in [0.5, 0.6) is 0 Å². The van der Waals surface area contributed by atoms with Gasteiger partial charge in [0, 0.05) is 23.7 Å². The smallest absolute Gasteiger partial charge is 0.273 e. The molecule has 2 aromatic carbocycles. The number of carbonyl (C=O) groups is 1. The number of nitrogens with zero attached hydrogens (tertiary/aromatic N) is 1. The van der Waals surface area contributed by atoms with Crippen molar-refractivity contribution < 1.29 is 14.1 Å². The predicted octanol–water partition coefficient (Wildman–Crippen LogP) is 3.01. The Kier molecular flexibility index (Phi) is 4.83. The summed E-state index contributed by atoms with van der Waals surface area (Å²) in [5.41, 5.74) is 1.45. The second kappa shape index (κ2) is 6.80. The Morgan fingerprint density at radius 1 is 1.23 bits per heavy atom. The zero-order chi connectivity index (χ0) is 16.1. The minimum atomic E-state index is -0.509. The summed E-state index contributed by atoms with van der Waals surface area (Å²) in [6.07, 6.45) is 0.556. The maximum Gasteiger partial charge on any atom is 0.273 e. The Labute approximate surface area is 126 Å². The van der Waals surface area contributed by atoms with E-state index in [1.165, 1.54) is 24.3 Å². The lowest BCUT2D eigenvalue weighted by Gasteiger charge is -2.08. The normalized spacial score (nSPS) is 10.3. The molecule has 114 valence electrons. The molecule has 5 nitrogen and oxygen atoms in total. The Morgan fingerprint density at radius 2 is 1.91 bits per heavy atom. The van der Waals surface area contributed by atoms with Gasteiger partial charge < -0.3 is 5.32 Å². The molecule has 0 spiro atoms. The van der Waals surface area contributed by atoms with Crippen LogP contribution < -0.4 is 5.32 Å². The van der Waals surface area contributed by atoms with E-state index in [1.807, 2.05) is 0 Å². The number of halogens is 1. The summed E-state index contributed by atoms with van der Waals surface area (Å²) in [5, 5.41) is 13.6. The fourth-order valence-electron chi connectivity index (χ4n) is 2.13. The van der Waals surface area contributed by atoms with Gasteiger partial charge in [-0.2, -0.15) is 0 Å². The van der Waals surface area contributed by atoms with Crippen LogP contribution in [0, 0.1) is 22.9 Å². The highest BCUT2D eigenvalue weighted by Crippen LogP contribution is 2.20. The van der Waals surface area contributed by atoms with Gasteiger partial charge in [-0.3, -0.25) is 14.9 Å². The number of nitro groups is 1. The van der Waals surface area contributed by atoms with Gasteiger partial charge in [-0.15, -0.1) is 0 Å². The fraction of sp³-hybridized carbons (Fsp3) is 0.188. The number of hydrogen-bond donors (Lipinski definition) is 1. The minimum absolute atomic E-state index is 0.0776. The topological polar surface area (TPSA) is 72.2 Å². The molecular formula is C16H15FN2O3. The number of carbonyl (C=O) groups excluding carboxylic acids is 1. The van der Waals surface area contributed by atoms with Crippen molar-refractivity contribution in [3.05, 3.63) is 75.1 Å².